The molecule has 0 radical (unpaired) electrons. The second-order valence-electron chi connectivity index (χ2n) is 6.41. The molecular formula is C16H26N2O2S. The number of carbonyl (C=O) groups is 1. The van der Waals surface area contributed by atoms with Crippen LogP contribution in [-0.2, 0) is 14.9 Å². The SMILES string of the molecule is COC(=O)C(C)(C)c1nc(NCCCCC2CC2)sc1C. The van der Waals surface area contributed by atoms with Gasteiger partial charge in [0.05, 0.1) is 12.8 Å². The first-order valence-corrected chi connectivity index (χ1v) is 8.57. The largest absolute Gasteiger partial charge is 0.468 e. The van der Waals surface area contributed by atoms with Gasteiger partial charge in [-0.3, -0.25) is 4.79 Å². The summed E-state index contributed by atoms with van der Waals surface area (Å²) in [6, 6.07) is 0. The summed E-state index contributed by atoms with van der Waals surface area (Å²) in [7, 11) is 1.42. The Balaban J connectivity index is 1.87. The van der Waals surface area contributed by atoms with Crippen molar-refractivity contribution in [2.24, 2.45) is 5.92 Å². The molecule has 0 aliphatic heterocycles. The number of unbranched alkanes of at least 4 members (excludes halogenated alkanes) is 1. The van der Waals surface area contributed by atoms with Crippen LogP contribution < -0.4 is 5.32 Å². The van der Waals surface area contributed by atoms with E-state index in [1.54, 1.807) is 11.3 Å². The molecule has 2 rings (SSSR count). The first-order chi connectivity index (χ1) is 9.95. The van der Waals surface area contributed by atoms with E-state index in [2.05, 4.69) is 10.3 Å². The maximum atomic E-state index is 11.9. The minimum atomic E-state index is -0.693. The molecule has 1 saturated carbocycles. The fourth-order valence-corrected chi connectivity index (χ4v) is 3.56. The average molecular weight is 310 g/mol. The van der Waals surface area contributed by atoms with Crippen molar-refractivity contribution in [2.45, 2.75) is 58.3 Å². The van der Waals surface area contributed by atoms with E-state index < -0.39 is 5.41 Å². The standard InChI is InChI=1S/C16H26N2O2S/c1-11-13(16(2,3)14(19)20-4)18-15(21-11)17-10-6-5-7-12-8-9-12/h12H,5-10H2,1-4H3,(H,17,18). The van der Waals surface area contributed by atoms with Gasteiger partial charge in [0.2, 0.25) is 0 Å². The van der Waals surface area contributed by atoms with Crippen molar-refractivity contribution in [3.05, 3.63) is 10.6 Å². The topological polar surface area (TPSA) is 51.2 Å². The molecule has 1 aromatic rings. The van der Waals surface area contributed by atoms with Crippen molar-refractivity contribution in [3.8, 4) is 0 Å². The molecule has 0 aromatic carbocycles. The van der Waals surface area contributed by atoms with Crippen molar-refractivity contribution >= 4 is 22.4 Å². The van der Waals surface area contributed by atoms with E-state index in [0.29, 0.717) is 0 Å². The Morgan fingerprint density at radius 2 is 2.14 bits per heavy atom. The fraction of sp³-hybridized carbons (Fsp3) is 0.750. The molecule has 1 aliphatic rings. The van der Waals surface area contributed by atoms with Crippen LogP contribution in [0.2, 0.25) is 0 Å². The molecule has 0 bridgehead atoms. The third kappa shape index (κ3) is 4.19. The number of thiazole rings is 1. The Morgan fingerprint density at radius 1 is 1.43 bits per heavy atom. The van der Waals surface area contributed by atoms with Crippen molar-refractivity contribution < 1.29 is 9.53 Å². The van der Waals surface area contributed by atoms with E-state index in [1.807, 2.05) is 20.8 Å². The highest BCUT2D eigenvalue weighted by molar-refractivity contribution is 7.15. The van der Waals surface area contributed by atoms with Crippen LogP contribution in [0.1, 0.15) is 56.5 Å². The van der Waals surface area contributed by atoms with E-state index in [9.17, 15) is 4.79 Å². The first kappa shape index (κ1) is 16.3. The monoisotopic (exact) mass is 310 g/mol. The summed E-state index contributed by atoms with van der Waals surface area (Å²) in [5, 5.41) is 4.29. The molecule has 4 nitrogen and oxygen atoms in total. The third-order valence-corrected chi connectivity index (χ3v) is 5.03. The first-order valence-electron chi connectivity index (χ1n) is 7.75. The van der Waals surface area contributed by atoms with Crippen molar-refractivity contribution in [3.63, 3.8) is 0 Å². The molecule has 0 amide bonds. The minimum absolute atomic E-state index is 0.244. The summed E-state index contributed by atoms with van der Waals surface area (Å²) < 4.78 is 4.88. The summed E-state index contributed by atoms with van der Waals surface area (Å²) in [4.78, 5) is 17.6. The maximum absolute atomic E-state index is 11.9. The number of hydrogen-bond donors (Lipinski definition) is 1. The predicted octanol–water partition coefficient (Wildman–Crippen LogP) is 3.89. The van der Waals surface area contributed by atoms with Gasteiger partial charge in [-0.15, -0.1) is 11.3 Å². The Kier molecular flexibility index (Phi) is 5.25. The highest BCUT2D eigenvalue weighted by atomic mass is 32.1. The zero-order valence-corrected chi connectivity index (χ0v) is 14.3. The number of ether oxygens (including phenoxy) is 1. The van der Waals surface area contributed by atoms with Gasteiger partial charge in [-0.1, -0.05) is 25.7 Å². The highest BCUT2D eigenvalue weighted by Gasteiger charge is 2.35. The number of hydrogen-bond acceptors (Lipinski definition) is 5. The lowest BCUT2D eigenvalue weighted by molar-refractivity contribution is -0.146. The van der Waals surface area contributed by atoms with Gasteiger partial charge < -0.3 is 10.1 Å². The van der Waals surface area contributed by atoms with E-state index in [-0.39, 0.29) is 5.97 Å². The van der Waals surface area contributed by atoms with E-state index in [0.717, 1.165) is 28.2 Å². The van der Waals surface area contributed by atoms with Gasteiger partial charge in [0, 0.05) is 11.4 Å². The van der Waals surface area contributed by atoms with E-state index in [4.69, 9.17) is 4.74 Å². The number of anilines is 1. The van der Waals surface area contributed by atoms with Crippen LogP contribution in [0.25, 0.3) is 0 Å². The van der Waals surface area contributed by atoms with Gasteiger partial charge in [0.15, 0.2) is 5.13 Å². The quantitative estimate of drug-likeness (QED) is 0.584. The Hall–Kier alpha value is -1.10. The van der Waals surface area contributed by atoms with E-state index >= 15 is 0 Å². The summed E-state index contributed by atoms with van der Waals surface area (Å²) >= 11 is 1.62. The Labute approximate surface area is 131 Å². The number of nitrogens with one attached hydrogen (secondary N) is 1. The van der Waals surface area contributed by atoms with Gasteiger partial charge >= 0.3 is 5.97 Å². The second-order valence-corrected chi connectivity index (χ2v) is 7.61. The number of rotatable bonds is 8. The number of nitrogens with zero attached hydrogens (tertiary/aromatic N) is 1. The van der Waals surface area contributed by atoms with Crippen LogP contribution in [0, 0.1) is 12.8 Å². The van der Waals surface area contributed by atoms with Crippen LogP contribution in [0.15, 0.2) is 0 Å². The molecule has 1 N–H and O–H groups in total. The maximum Gasteiger partial charge on any atom is 0.317 e. The van der Waals surface area contributed by atoms with E-state index in [1.165, 1.54) is 39.2 Å². The van der Waals surface area contributed by atoms with Crippen molar-refractivity contribution in [2.75, 3.05) is 19.0 Å². The number of carbonyl (C=O) groups excluding carboxylic acids is 1. The zero-order valence-electron chi connectivity index (χ0n) is 13.5. The minimum Gasteiger partial charge on any atom is -0.468 e. The molecule has 5 heteroatoms. The second kappa shape index (κ2) is 6.77. The number of aryl methyl sites for hydroxylation is 1. The number of methoxy groups -OCH3 is 1. The molecule has 1 heterocycles. The van der Waals surface area contributed by atoms with Crippen LogP contribution in [-0.4, -0.2) is 24.6 Å². The molecule has 1 aliphatic carbocycles. The molecule has 1 fully saturated rings. The summed E-state index contributed by atoms with van der Waals surface area (Å²) in [6.45, 7) is 6.69. The van der Waals surface area contributed by atoms with Crippen molar-refractivity contribution in [1.82, 2.24) is 4.98 Å². The van der Waals surface area contributed by atoms with Crippen LogP contribution in [0.5, 0.6) is 0 Å². The molecule has 21 heavy (non-hydrogen) atoms. The number of esters is 1. The third-order valence-electron chi connectivity index (χ3n) is 4.10. The van der Waals surface area contributed by atoms with Gasteiger partial charge in [-0.25, -0.2) is 4.98 Å². The predicted molar refractivity (Wildman–Crippen MR) is 87.0 cm³/mol. The number of aromatic nitrogens is 1. The lowest BCUT2D eigenvalue weighted by Gasteiger charge is -2.19. The molecule has 0 saturated heterocycles. The van der Waals surface area contributed by atoms with Crippen molar-refractivity contribution in [1.29, 1.82) is 0 Å². The van der Waals surface area contributed by atoms with Gasteiger partial charge in [0.25, 0.3) is 0 Å². The lowest BCUT2D eigenvalue weighted by atomic mass is 9.89. The summed E-state index contributed by atoms with van der Waals surface area (Å²) in [6.07, 6.45) is 6.72. The molecule has 118 valence electrons. The molecule has 1 aromatic heterocycles. The Bertz CT molecular complexity index is 492. The van der Waals surface area contributed by atoms with Gasteiger partial charge in [-0.05, 0) is 33.1 Å². The van der Waals surface area contributed by atoms with Crippen LogP contribution in [0.3, 0.4) is 0 Å². The van der Waals surface area contributed by atoms with Gasteiger partial charge in [0.1, 0.15) is 5.41 Å². The van der Waals surface area contributed by atoms with Crippen LogP contribution in [0.4, 0.5) is 5.13 Å². The summed E-state index contributed by atoms with van der Waals surface area (Å²) in [5.74, 6) is 0.770. The summed E-state index contributed by atoms with van der Waals surface area (Å²) in [5.41, 5.74) is 0.126. The molecule has 0 spiro atoms. The highest BCUT2D eigenvalue weighted by Crippen LogP contribution is 2.34. The van der Waals surface area contributed by atoms with Gasteiger partial charge in [-0.2, -0.15) is 0 Å². The Morgan fingerprint density at radius 3 is 2.76 bits per heavy atom. The average Bonchev–Trinajstić information content (AvgIpc) is 3.19. The molecule has 0 unspecified atom stereocenters. The van der Waals surface area contributed by atoms with Crippen LogP contribution >= 0.6 is 11.3 Å². The smallest absolute Gasteiger partial charge is 0.317 e. The molecular weight excluding hydrogens is 284 g/mol. The molecule has 0 atom stereocenters. The lowest BCUT2D eigenvalue weighted by Crippen LogP contribution is -2.31. The zero-order chi connectivity index (χ0) is 15.5. The normalized spacial score (nSPS) is 15.0. The fourth-order valence-electron chi connectivity index (χ4n) is 2.56.